The molecule has 5 rings (SSSR count). The quantitative estimate of drug-likeness (QED) is 0.466. The van der Waals surface area contributed by atoms with Crippen LogP contribution in [0.3, 0.4) is 0 Å². The van der Waals surface area contributed by atoms with Gasteiger partial charge in [-0.1, -0.05) is 12.1 Å². The number of aliphatic hydroxyl groups is 1. The van der Waals surface area contributed by atoms with Crippen LogP contribution >= 0.6 is 0 Å². The van der Waals surface area contributed by atoms with E-state index in [1.165, 1.54) is 18.3 Å². The van der Waals surface area contributed by atoms with E-state index in [1.54, 1.807) is 18.3 Å². The molecule has 224 valence electrons. The van der Waals surface area contributed by atoms with E-state index in [9.17, 15) is 32.7 Å². The van der Waals surface area contributed by atoms with E-state index in [2.05, 4.69) is 20.1 Å². The van der Waals surface area contributed by atoms with Crippen LogP contribution in [-0.2, 0) is 11.0 Å². The van der Waals surface area contributed by atoms with Crippen molar-refractivity contribution in [3.8, 4) is 0 Å². The van der Waals surface area contributed by atoms with Gasteiger partial charge in [0.05, 0.1) is 23.8 Å². The first-order valence-electron chi connectivity index (χ1n) is 13.7. The molecule has 3 aliphatic rings. The molecule has 0 spiro atoms. The van der Waals surface area contributed by atoms with Crippen molar-refractivity contribution in [2.45, 2.75) is 68.9 Å². The van der Waals surface area contributed by atoms with E-state index in [0.717, 1.165) is 63.7 Å². The molecule has 2 saturated heterocycles. The van der Waals surface area contributed by atoms with Gasteiger partial charge < -0.3 is 21.1 Å². The lowest BCUT2D eigenvalue weighted by Crippen LogP contribution is -2.46. The van der Waals surface area contributed by atoms with Crippen molar-refractivity contribution in [2.24, 2.45) is 5.73 Å². The van der Waals surface area contributed by atoms with Crippen molar-refractivity contribution in [3.63, 3.8) is 0 Å². The highest BCUT2D eigenvalue weighted by Gasteiger charge is 2.46. The number of rotatable bonds is 5. The number of primary amides is 1. The Morgan fingerprint density at radius 2 is 1.78 bits per heavy atom. The number of likely N-dealkylation sites (N-methyl/N-ethyl adjacent to an activating group) is 1. The molecule has 1 aromatic heterocycles. The summed E-state index contributed by atoms with van der Waals surface area (Å²) >= 11 is 0. The van der Waals surface area contributed by atoms with E-state index >= 15 is 0 Å². The molecule has 2 aliphatic heterocycles. The number of carbonyl (C=O) groups excluding carboxylic acids is 3. The van der Waals surface area contributed by atoms with Crippen molar-refractivity contribution in [1.29, 1.82) is 0 Å². The predicted octanol–water partition coefficient (Wildman–Crippen LogP) is 2.88. The normalized spacial score (nSPS) is 23.9. The molecular weight excluding hydrogens is 539 g/mol. The van der Waals surface area contributed by atoms with Crippen molar-refractivity contribution in [3.05, 3.63) is 65.5 Å². The second kappa shape index (κ2) is 15.0. The van der Waals surface area contributed by atoms with Crippen LogP contribution < -0.4 is 11.1 Å². The molecule has 1 aliphatic carbocycles. The topological polar surface area (TPSA) is 129 Å². The largest absolute Gasteiger partial charge is 0.416 e. The fraction of sp³-hybridized carbons (Fsp3) is 0.517. The minimum absolute atomic E-state index is 0.0322. The van der Waals surface area contributed by atoms with Gasteiger partial charge in [-0.15, -0.1) is 0 Å². The number of aliphatic hydroxyl groups excluding tert-OH is 1. The maximum atomic E-state index is 12.1. The van der Waals surface area contributed by atoms with Gasteiger partial charge in [0.15, 0.2) is 0 Å². The summed E-state index contributed by atoms with van der Waals surface area (Å²) in [6.07, 6.45) is 5.33. The van der Waals surface area contributed by atoms with Gasteiger partial charge in [0.1, 0.15) is 6.29 Å². The maximum absolute atomic E-state index is 12.1. The minimum atomic E-state index is -4.38. The highest BCUT2D eigenvalue weighted by molar-refractivity contribution is 5.92. The minimum Gasteiger partial charge on any atom is -0.393 e. The Bertz CT molecular complexity index is 1140. The average Bonchev–Trinajstić information content (AvgIpc) is 3.57. The van der Waals surface area contributed by atoms with Crippen LogP contribution in [0.25, 0.3) is 0 Å². The number of hydrogen-bond donors (Lipinski definition) is 3. The summed E-state index contributed by atoms with van der Waals surface area (Å²) in [6, 6.07) is 9.18. The van der Waals surface area contributed by atoms with Gasteiger partial charge >= 0.3 is 6.18 Å². The van der Waals surface area contributed by atoms with E-state index in [1.807, 2.05) is 7.05 Å². The summed E-state index contributed by atoms with van der Waals surface area (Å²) in [5.74, 6) is -0.191. The number of nitrogens with zero attached hydrogens (tertiary/aromatic N) is 3. The summed E-state index contributed by atoms with van der Waals surface area (Å²) in [5.41, 5.74) is 4.61. The number of alkyl halides is 3. The van der Waals surface area contributed by atoms with Crippen molar-refractivity contribution in [2.75, 3.05) is 26.7 Å². The number of benzene rings is 1. The van der Waals surface area contributed by atoms with Gasteiger partial charge in [-0.25, -0.2) is 0 Å². The first-order valence-corrected chi connectivity index (χ1v) is 13.7. The molecule has 0 radical (unpaired) electrons. The third-order valence-corrected chi connectivity index (χ3v) is 7.70. The summed E-state index contributed by atoms with van der Waals surface area (Å²) in [6.45, 7) is 2.50. The number of likely N-dealkylation sites (tertiary alicyclic amines) is 2. The lowest BCUT2D eigenvalue weighted by atomic mass is 9.91. The lowest BCUT2D eigenvalue weighted by Gasteiger charge is -2.36. The zero-order valence-corrected chi connectivity index (χ0v) is 23.1. The number of amides is 2. The molecule has 0 bridgehead atoms. The summed E-state index contributed by atoms with van der Waals surface area (Å²) in [5, 5.41) is 12.6. The molecule has 2 atom stereocenters. The van der Waals surface area contributed by atoms with Gasteiger partial charge in [-0.2, -0.15) is 13.2 Å². The standard InChI is InChI=1S/C15H27N3O2.C8H5F3O.C6H6N2O/c1-16-10-15(20)18-9-7-13-14(18)6-8-17(13)11-2-4-12(19)5-3-11;9-8(10,11)7-3-1-2-6(4-7)5-12;7-6(9)5-2-1-3-8-4-5/h11-14,16,19H,2-10H2,1H3;1-5H;1-4H,(H2,7,9). The predicted molar refractivity (Wildman–Crippen MR) is 147 cm³/mol. The Balaban J connectivity index is 0.000000187. The number of hydrogen-bond acceptors (Lipinski definition) is 7. The Hall–Kier alpha value is -3.35. The molecule has 4 N–H and O–H groups in total. The molecule has 2 unspecified atom stereocenters. The summed E-state index contributed by atoms with van der Waals surface area (Å²) in [4.78, 5) is 41.1. The molecule has 41 heavy (non-hydrogen) atoms. The van der Waals surface area contributed by atoms with E-state index in [-0.39, 0.29) is 17.6 Å². The third kappa shape index (κ3) is 9.07. The van der Waals surface area contributed by atoms with Gasteiger partial charge in [0.2, 0.25) is 11.8 Å². The highest BCUT2D eigenvalue weighted by Crippen LogP contribution is 2.36. The fourth-order valence-corrected chi connectivity index (χ4v) is 5.72. The summed E-state index contributed by atoms with van der Waals surface area (Å²) < 4.78 is 36.0. The molecule has 1 saturated carbocycles. The average molecular weight is 578 g/mol. The van der Waals surface area contributed by atoms with Crippen LogP contribution in [0.15, 0.2) is 48.8 Å². The number of pyridine rings is 1. The Labute approximate surface area is 237 Å². The second-order valence-corrected chi connectivity index (χ2v) is 10.4. The van der Waals surface area contributed by atoms with Gasteiger partial charge in [0.25, 0.3) is 0 Å². The smallest absolute Gasteiger partial charge is 0.393 e. The molecule has 3 fully saturated rings. The Morgan fingerprint density at radius 3 is 2.34 bits per heavy atom. The van der Waals surface area contributed by atoms with Crippen LogP contribution in [0.2, 0.25) is 0 Å². The van der Waals surface area contributed by atoms with Gasteiger partial charge in [0, 0.05) is 49.2 Å². The second-order valence-electron chi connectivity index (χ2n) is 10.4. The number of nitrogens with two attached hydrogens (primary N) is 1. The number of aromatic nitrogens is 1. The van der Waals surface area contributed by atoms with Crippen LogP contribution in [0.4, 0.5) is 13.2 Å². The Kier molecular flexibility index (Phi) is 11.8. The van der Waals surface area contributed by atoms with Crippen LogP contribution in [0.5, 0.6) is 0 Å². The monoisotopic (exact) mass is 577 g/mol. The molecule has 12 heteroatoms. The SMILES string of the molecule is CNCC(=O)N1CCC2C1CCN2C1CCC(O)CC1.NC(=O)c1cccnc1.O=Cc1cccc(C(F)(F)F)c1. The number of carbonyl (C=O) groups is 3. The third-order valence-electron chi connectivity index (χ3n) is 7.70. The molecule has 9 nitrogen and oxygen atoms in total. The van der Waals surface area contributed by atoms with Crippen molar-refractivity contribution < 1.29 is 32.7 Å². The van der Waals surface area contributed by atoms with Gasteiger partial charge in [-0.3, -0.25) is 24.3 Å². The zero-order chi connectivity index (χ0) is 30.0. The van der Waals surface area contributed by atoms with Crippen molar-refractivity contribution >= 4 is 18.1 Å². The molecular formula is C29H38F3N5O4. The lowest BCUT2D eigenvalue weighted by molar-refractivity contribution is -0.137. The highest BCUT2D eigenvalue weighted by atomic mass is 19.4. The Morgan fingerprint density at radius 1 is 1.07 bits per heavy atom. The number of fused-ring (bicyclic) bond motifs is 1. The van der Waals surface area contributed by atoms with Crippen LogP contribution in [-0.4, -0.2) is 88.9 Å². The first kappa shape index (κ1) is 32.2. The van der Waals surface area contributed by atoms with Gasteiger partial charge in [-0.05, 0) is 69.8 Å². The fourth-order valence-electron chi connectivity index (χ4n) is 5.72. The maximum Gasteiger partial charge on any atom is 0.416 e. The van der Waals surface area contributed by atoms with Crippen molar-refractivity contribution in [1.82, 2.24) is 20.1 Å². The molecule has 1 aromatic carbocycles. The molecule has 2 amide bonds. The van der Waals surface area contributed by atoms with E-state index in [4.69, 9.17) is 5.73 Å². The van der Waals surface area contributed by atoms with E-state index in [0.29, 0.717) is 36.5 Å². The van der Waals surface area contributed by atoms with Crippen LogP contribution in [0, 0.1) is 0 Å². The van der Waals surface area contributed by atoms with E-state index < -0.39 is 17.6 Å². The zero-order valence-electron chi connectivity index (χ0n) is 23.1. The van der Waals surface area contributed by atoms with Crippen LogP contribution in [0.1, 0.15) is 64.8 Å². The molecule has 2 aromatic rings. The number of nitrogens with one attached hydrogen (secondary N) is 1. The molecule has 3 heterocycles. The number of aldehydes is 1. The first-order chi connectivity index (χ1) is 19.5. The summed E-state index contributed by atoms with van der Waals surface area (Å²) in [7, 11) is 1.83. The number of halogens is 3.